The number of imidazole rings is 1. The third kappa shape index (κ3) is 1.67. The van der Waals surface area contributed by atoms with Crippen LogP contribution in [0.3, 0.4) is 0 Å². The van der Waals surface area contributed by atoms with Crippen LogP contribution in [0.2, 0.25) is 0 Å². The fraction of sp³-hybridized carbons (Fsp3) is 0.100. The lowest BCUT2D eigenvalue weighted by Gasteiger charge is -1.96. The van der Waals surface area contributed by atoms with Gasteiger partial charge in [-0.15, -0.1) is 5.10 Å². The summed E-state index contributed by atoms with van der Waals surface area (Å²) in [4.78, 5) is 8.18. The average Bonchev–Trinajstić information content (AvgIpc) is 2.87. The summed E-state index contributed by atoms with van der Waals surface area (Å²) in [7, 11) is 0. The van der Waals surface area contributed by atoms with Gasteiger partial charge in [-0.05, 0) is 12.1 Å². The van der Waals surface area contributed by atoms with Gasteiger partial charge in [0.15, 0.2) is 11.5 Å². The van der Waals surface area contributed by atoms with Gasteiger partial charge >= 0.3 is 0 Å². The Bertz CT molecular complexity index is 657. The molecule has 0 aromatic carbocycles. The molecule has 86 valence electrons. The van der Waals surface area contributed by atoms with Gasteiger partial charge in [-0.25, -0.2) is 9.50 Å². The number of anilines is 2. The summed E-state index contributed by atoms with van der Waals surface area (Å²) in [6.07, 6.45) is 3.96. The third-order valence-electron chi connectivity index (χ3n) is 2.35. The summed E-state index contributed by atoms with van der Waals surface area (Å²) in [6.45, 7) is 0. The van der Waals surface area contributed by atoms with E-state index in [0.29, 0.717) is 12.1 Å². The van der Waals surface area contributed by atoms with Crippen LogP contribution in [0.1, 0.15) is 11.5 Å². The third-order valence-corrected chi connectivity index (χ3v) is 2.35. The first-order chi connectivity index (χ1) is 8.22. The van der Waals surface area contributed by atoms with Crippen molar-refractivity contribution in [2.45, 2.75) is 6.42 Å². The average molecular weight is 230 g/mol. The molecule has 3 aromatic rings. The van der Waals surface area contributed by atoms with E-state index in [9.17, 15) is 0 Å². The van der Waals surface area contributed by atoms with Crippen LogP contribution in [0.5, 0.6) is 0 Å². The van der Waals surface area contributed by atoms with Crippen LogP contribution in [-0.4, -0.2) is 19.6 Å². The molecule has 0 aliphatic heterocycles. The molecule has 3 heterocycles. The van der Waals surface area contributed by atoms with E-state index in [2.05, 4.69) is 15.1 Å². The van der Waals surface area contributed by atoms with Crippen molar-refractivity contribution in [3.8, 4) is 0 Å². The molecule has 0 bridgehead atoms. The van der Waals surface area contributed by atoms with Gasteiger partial charge in [0.1, 0.15) is 5.76 Å². The Hall–Kier alpha value is -2.57. The highest BCUT2D eigenvalue weighted by molar-refractivity contribution is 5.60. The van der Waals surface area contributed by atoms with E-state index < -0.39 is 0 Å². The zero-order valence-corrected chi connectivity index (χ0v) is 8.87. The monoisotopic (exact) mass is 230 g/mol. The number of nitrogens with two attached hydrogens (primary N) is 2. The normalized spacial score (nSPS) is 11.1. The number of hydrogen-bond acceptors (Lipinski definition) is 6. The van der Waals surface area contributed by atoms with Crippen molar-refractivity contribution in [2.24, 2.45) is 0 Å². The highest BCUT2D eigenvalue weighted by atomic mass is 16.3. The van der Waals surface area contributed by atoms with E-state index in [1.54, 1.807) is 12.5 Å². The molecule has 0 saturated heterocycles. The van der Waals surface area contributed by atoms with Crippen molar-refractivity contribution in [1.82, 2.24) is 19.6 Å². The van der Waals surface area contributed by atoms with Crippen LogP contribution in [0.25, 0.3) is 5.65 Å². The molecule has 0 aliphatic carbocycles. The van der Waals surface area contributed by atoms with Crippen LogP contribution in [-0.2, 0) is 6.42 Å². The first-order valence-electron chi connectivity index (χ1n) is 5.02. The molecule has 3 aromatic heterocycles. The Morgan fingerprint density at radius 1 is 1.29 bits per heavy atom. The van der Waals surface area contributed by atoms with Crippen LogP contribution >= 0.6 is 0 Å². The summed E-state index contributed by atoms with van der Waals surface area (Å²) in [5, 5.41) is 4.00. The van der Waals surface area contributed by atoms with Gasteiger partial charge in [-0.2, -0.15) is 4.98 Å². The van der Waals surface area contributed by atoms with E-state index in [4.69, 9.17) is 15.9 Å². The zero-order valence-electron chi connectivity index (χ0n) is 8.87. The largest absolute Gasteiger partial charge is 0.469 e. The summed E-state index contributed by atoms with van der Waals surface area (Å²) in [5.41, 5.74) is 12.5. The van der Waals surface area contributed by atoms with E-state index in [1.807, 2.05) is 12.1 Å². The first-order valence-corrected chi connectivity index (χ1v) is 5.02. The number of fused-ring (bicyclic) bond motifs is 1. The second kappa shape index (κ2) is 3.48. The van der Waals surface area contributed by atoms with Crippen LogP contribution < -0.4 is 11.5 Å². The van der Waals surface area contributed by atoms with Gasteiger partial charge in [0.2, 0.25) is 5.95 Å². The lowest BCUT2D eigenvalue weighted by Crippen LogP contribution is -2.04. The van der Waals surface area contributed by atoms with E-state index >= 15 is 0 Å². The molecule has 0 amide bonds. The summed E-state index contributed by atoms with van der Waals surface area (Å²) in [6, 6.07) is 3.71. The van der Waals surface area contributed by atoms with Gasteiger partial charge in [-0.3, -0.25) is 0 Å². The van der Waals surface area contributed by atoms with Crippen LogP contribution in [0.4, 0.5) is 11.8 Å². The lowest BCUT2D eigenvalue weighted by atomic mass is 10.3. The highest BCUT2D eigenvalue weighted by Crippen LogP contribution is 2.14. The quantitative estimate of drug-likeness (QED) is 0.662. The molecule has 0 fully saturated rings. The van der Waals surface area contributed by atoms with Crippen molar-refractivity contribution < 1.29 is 4.42 Å². The standard InChI is InChI=1S/C10H10N6O/c11-8-9-13-6(4-7-2-1-3-17-7)5-16(9)15-10(12)14-8/h1-3,5H,4H2,(H4,11,12,14,15). The van der Waals surface area contributed by atoms with Crippen LogP contribution in [0, 0.1) is 0 Å². The first kappa shape index (κ1) is 9.64. The molecule has 0 saturated carbocycles. The van der Waals surface area contributed by atoms with E-state index in [-0.39, 0.29) is 11.8 Å². The maximum atomic E-state index is 5.71. The molecule has 0 atom stereocenters. The molecular formula is C10H10N6O. The van der Waals surface area contributed by atoms with Crippen molar-refractivity contribution in [3.63, 3.8) is 0 Å². The molecule has 0 aliphatic rings. The van der Waals surface area contributed by atoms with Crippen molar-refractivity contribution >= 4 is 17.4 Å². The van der Waals surface area contributed by atoms with E-state index in [0.717, 1.165) is 11.5 Å². The van der Waals surface area contributed by atoms with Gasteiger partial charge in [0.05, 0.1) is 18.2 Å². The topological polar surface area (TPSA) is 108 Å². The van der Waals surface area contributed by atoms with Gasteiger partial charge in [0.25, 0.3) is 0 Å². The van der Waals surface area contributed by atoms with Gasteiger partial charge in [0, 0.05) is 6.42 Å². The lowest BCUT2D eigenvalue weighted by molar-refractivity contribution is 0.519. The minimum absolute atomic E-state index is 0.122. The summed E-state index contributed by atoms with van der Waals surface area (Å²) >= 11 is 0. The number of aromatic nitrogens is 4. The molecule has 3 rings (SSSR count). The predicted octanol–water partition coefficient (Wildman–Crippen LogP) is 0.473. The molecule has 17 heavy (non-hydrogen) atoms. The number of nitrogens with zero attached hydrogens (tertiary/aromatic N) is 4. The van der Waals surface area contributed by atoms with E-state index in [1.165, 1.54) is 4.52 Å². The fourth-order valence-electron chi connectivity index (χ4n) is 1.65. The second-order valence-electron chi connectivity index (χ2n) is 3.61. The summed E-state index contributed by atoms with van der Waals surface area (Å²) < 4.78 is 6.77. The maximum Gasteiger partial charge on any atom is 0.240 e. The number of furan rings is 1. The van der Waals surface area contributed by atoms with Gasteiger partial charge in [-0.1, -0.05) is 0 Å². The Morgan fingerprint density at radius 3 is 2.94 bits per heavy atom. The molecule has 4 N–H and O–H groups in total. The number of hydrogen-bond donors (Lipinski definition) is 2. The number of nitrogen functional groups attached to an aromatic ring is 2. The van der Waals surface area contributed by atoms with Crippen molar-refractivity contribution in [1.29, 1.82) is 0 Å². The Labute approximate surface area is 96.1 Å². The molecule has 0 spiro atoms. The Balaban J connectivity index is 2.05. The minimum atomic E-state index is 0.122. The van der Waals surface area contributed by atoms with Crippen LogP contribution in [0.15, 0.2) is 29.0 Å². The Morgan fingerprint density at radius 2 is 2.18 bits per heavy atom. The van der Waals surface area contributed by atoms with Crippen molar-refractivity contribution in [2.75, 3.05) is 11.5 Å². The Kier molecular flexibility index (Phi) is 1.97. The second-order valence-corrected chi connectivity index (χ2v) is 3.61. The highest BCUT2D eigenvalue weighted by Gasteiger charge is 2.09. The minimum Gasteiger partial charge on any atom is -0.469 e. The van der Waals surface area contributed by atoms with Crippen molar-refractivity contribution in [3.05, 3.63) is 36.0 Å². The SMILES string of the molecule is Nc1nc(N)c2nc(Cc3ccco3)cn2n1. The molecule has 0 radical (unpaired) electrons. The smallest absolute Gasteiger partial charge is 0.240 e. The summed E-state index contributed by atoms with van der Waals surface area (Å²) in [5.74, 6) is 1.22. The molecule has 7 heteroatoms. The maximum absolute atomic E-state index is 5.71. The molecular weight excluding hydrogens is 220 g/mol. The fourth-order valence-corrected chi connectivity index (χ4v) is 1.65. The zero-order chi connectivity index (χ0) is 11.8. The molecule has 7 nitrogen and oxygen atoms in total. The number of rotatable bonds is 2. The molecule has 0 unspecified atom stereocenters. The van der Waals surface area contributed by atoms with Gasteiger partial charge < -0.3 is 15.9 Å². The predicted molar refractivity (Wildman–Crippen MR) is 61.1 cm³/mol.